The van der Waals surface area contributed by atoms with Crippen LogP contribution in [0.4, 0.5) is 0 Å². The number of methoxy groups -OCH3 is 1. The molecule has 1 atom stereocenters. The summed E-state index contributed by atoms with van der Waals surface area (Å²) in [5.74, 6) is -0.950. The molecule has 8 nitrogen and oxygen atoms in total. The number of nitrogens with zero attached hydrogens (tertiary/aromatic N) is 1. The first kappa shape index (κ1) is 22.3. The summed E-state index contributed by atoms with van der Waals surface area (Å²) in [7, 11) is -1.97. The third-order valence-electron chi connectivity index (χ3n) is 4.51. The van der Waals surface area contributed by atoms with E-state index in [2.05, 4.69) is 5.32 Å². The van der Waals surface area contributed by atoms with Gasteiger partial charge < -0.3 is 14.8 Å². The summed E-state index contributed by atoms with van der Waals surface area (Å²) >= 11 is 0. The van der Waals surface area contributed by atoms with Gasteiger partial charge in [0.25, 0.3) is 5.91 Å². The van der Waals surface area contributed by atoms with Crippen molar-refractivity contribution in [1.82, 2.24) is 9.62 Å². The van der Waals surface area contributed by atoms with Gasteiger partial charge in [0, 0.05) is 26.7 Å². The largest absolute Gasteiger partial charge is 0.452 e. The Balaban J connectivity index is 1.89. The van der Waals surface area contributed by atoms with Crippen LogP contribution >= 0.6 is 0 Å². The highest BCUT2D eigenvalue weighted by atomic mass is 32.2. The number of hydrogen-bond donors (Lipinski definition) is 1. The van der Waals surface area contributed by atoms with E-state index in [4.69, 9.17) is 9.47 Å². The van der Waals surface area contributed by atoms with Gasteiger partial charge in [0.15, 0.2) is 6.10 Å². The standard InChI is InChI=1S/C19H28N2O6S/c1-15(19(23)20-10-13-26-2)27-18(22)14-16-6-8-17(9-7-16)28(24,25)21-11-4-3-5-12-21/h6-9,15H,3-5,10-14H2,1-2H3,(H,20,23)/t15-/m1/s1. The lowest BCUT2D eigenvalue weighted by Crippen LogP contribution is -2.37. The zero-order valence-electron chi connectivity index (χ0n) is 16.3. The molecule has 1 saturated heterocycles. The molecule has 0 aromatic heterocycles. The molecule has 1 fully saturated rings. The summed E-state index contributed by atoms with van der Waals surface area (Å²) in [4.78, 5) is 24.0. The highest BCUT2D eigenvalue weighted by Gasteiger charge is 2.26. The number of carbonyl (C=O) groups excluding carboxylic acids is 2. The van der Waals surface area contributed by atoms with Gasteiger partial charge in [0.2, 0.25) is 10.0 Å². The Hall–Kier alpha value is -1.97. The molecule has 1 aliphatic rings. The van der Waals surface area contributed by atoms with E-state index < -0.39 is 28.0 Å². The van der Waals surface area contributed by atoms with E-state index >= 15 is 0 Å². The van der Waals surface area contributed by atoms with E-state index in [1.165, 1.54) is 30.5 Å². The van der Waals surface area contributed by atoms with Crippen molar-refractivity contribution in [2.45, 2.75) is 43.6 Å². The van der Waals surface area contributed by atoms with Gasteiger partial charge in [0.05, 0.1) is 17.9 Å². The van der Waals surface area contributed by atoms with E-state index in [9.17, 15) is 18.0 Å². The minimum absolute atomic E-state index is 0.0419. The van der Waals surface area contributed by atoms with Crippen LogP contribution in [0.2, 0.25) is 0 Å². The van der Waals surface area contributed by atoms with E-state index in [1.807, 2.05) is 0 Å². The Morgan fingerprint density at radius 1 is 1.14 bits per heavy atom. The Morgan fingerprint density at radius 2 is 1.79 bits per heavy atom. The van der Waals surface area contributed by atoms with Gasteiger partial charge in [-0.05, 0) is 37.5 Å². The van der Waals surface area contributed by atoms with Crippen molar-refractivity contribution in [3.8, 4) is 0 Å². The zero-order valence-corrected chi connectivity index (χ0v) is 17.2. The predicted octanol–water partition coefficient (Wildman–Crippen LogP) is 1.10. The first-order valence-corrected chi connectivity index (χ1v) is 10.8. The second kappa shape index (κ2) is 10.5. The van der Waals surface area contributed by atoms with Crippen molar-refractivity contribution in [3.05, 3.63) is 29.8 Å². The highest BCUT2D eigenvalue weighted by molar-refractivity contribution is 7.89. The van der Waals surface area contributed by atoms with Crippen LogP contribution in [-0.4, -0.2) is 64.1 Å². The second-order valence-electron chi connectivity index (χ2n) is 6.70. The van der Waals surface area contributed by atoms with E-state index in [1.54, 1.807) is 12.1 Å². The summed E-state index contributed by atoms with van der Waals surface area (Å²) < 4.78 is 36.7. The third-order valence-corrected chi connectivity index (χ3v) is 6.42. The first-order chi connectivity index (χ1) is 13.3. The average molecular weight is 413 g/mol. The summed E-state index contributed by atoms with van der Waals surface area (Å²) in [5, 5.41) is 2.60. The van der Waals surface area contributed by atoms with Gasteiger partial charge in [-0.15, -0.1) is 0 Å². The number of rotatable bonds is 9. The fraction of sp³-hybridized carbons (Fsp3) is 0.579. The Kier molecular flexibility index (Phi) is 8.40. The summed E-state index contributed by atoms with van der Waals surface area (Å²) in [6.07, 6.45) is 1.85. The number of esters is 1. The molecule has 0 saturated carbocycles. The Labute approximate surface area is 166 Å². The minimum atomic E-state index is -3.49. The maximum absolute atomic E-state index is 12.6. The van der Waals surface area contributed by atoms with Crippen LogP contribution in [0.3, 0.4) is 0 Å². The van der Waals surface area contributed by atoms with E-state index in [0.717, 1.165) is 19.3 Å². The topological polar surface area (TPSA) is 102 Å². The van der Waals surface area contributed by atoms with Crippen molar-refractivity contribution >= 4 is 21.9 Å². The van der Waals surface area contributed by atoms with Crippen molar-refractivity contribution in [2.75, 3.05) is 33.4 Å². The SMILES string of the molecule is COCCNC(=O)[C@@H](C)OC(=O)Cc1ccc(S(=O)(=O)N2CCCCC2)cc1. The lowest BCUT2D eigenvalue weighted by atomic mass is 10.1. The maximum atomic E-state index is 12.6. The predicted molar refractivity (Wildman–Crippen MR) is 103 cm³/mol. The fourth-order valence-electron chi connectivity index (χ4n) is 2.91. The molecular formula is C19H28N2O6S. The molecule has 0 unspecified atom stereocenters. The van der Waals surface area contributed by atoms with Crippen LogP contribution < -0.4 is 5.32 Å². The van der Waals surface area contributed by atoms with Crippen molar-refractivity contribution < 1.29 is 27.5 Å². The summed E-state index contributed by atoms with van der Waals surface area (Å²) in [6, 6.07) is 6.21. The zero-order chi connectivity index (χ0) is 20.6. The number of nitrogens with one attached hydrogen (secondary N) is 1. The van der Waals surface area contributed by atoms with Crippen LogP contribution in [0.25, 0.3) is 0 Å². The number of piperidine rings is 1. The molecule has 1 N–H and O–H groups in total. The van der Waals surface area contributed by atoms with Crippen LogP contribution in [0, 0.1) is 0 Å². The normalized spacial score (nSPS) is 16.4. The van der Waals surface area contributed by atoms with Crippen LogP contribution in [0.5, 0.6) is 0 Å². The van der Waals surface area contributed by atoms with Gasteiger partial charge in [-0.3, -0.25) is 9.59 Å². The molecule has 0 bridgehead atoms. The molecule has 0 spiro atoms. The molecule has 1 aromatic rings. The Morgan fingerprint density at radius 3 is 2.39 bits per heavy atom. The average Bonchev–Trinajstić information content (AvgIpc) is 2.69. The quantitative estimate of drug-likeness (QED) is 0.481. The van der Waals surface area contributed by atoms with Crippen LogP contribution in [0.1, 0.15) is 31.7 Å². The molecular weight excluding hydrogens is 384 g/mol. The molecule has 1 heterocycles. The number of ether oxygens (including phenoxy) is 2. The number of sulfonamides is 1. The lowest BCUT2D eigenvalue weighted by Gasteiger charge is -2.25. The molecule has 1 amide bonds. The fourth-order valence-corrected chi connectivity index (χ4v) is 4.43. The monoisotopic (exact) mass is 412 g/mol. The molecule has 0 radical (unpaired) electrons. The van der Waals surface area contributed by atoms with Gasteiger partial charge >= 0.3 is 5.97 Å². The highest BCUT2D eigenvalue weighted by Crippen LogP contribution is 2.21. The van der Waals surface area contributed by atoms with Gasteiger partial charge in [-0.1, -0.05) is 18.6 Å². The first-order valence-electron chi connectivity index (χ1n) is 9.40. The molecule has 28 heavy (non-hydrogen) atoms. The van der Waals surface area contributed by atoms with Crippen molar-refractivity contribution in [1.29, 1.82) is 0 Å². The van der Waals surface area contributed by atoms with Crippen LogP contribution in [0.15, 0.2) is 29.2 Å². The molecule has 0 aliphatic carbocycles. The number of hydrogen-bond acceptors (Lipinski definition) is 6. The smallest absolute Gasteiger partial charge is 0.311 e. The Bertz CT molecular complexity index is 757. The number of amides is 1. The van der Waals surface area contributed by atoms with Crippen molar-refractivity contribution in [3.63, 3.8) is 0 Å². The molecule has 2 rings (SSSR count). The van der Waals surface area contributed by atoms with E-state index in [0.29, 0.717) is 31.8 Å². The van der Waals surface area contributed by atoms with Gasteiger partial charge in [-0.25, -0.2) is 8.42 Å². The minimum Gasteiger partial charge on any atom is -0.452 e. The third kappa shape index (κ3) is 6.29. The molecule has 156 valence electrons. The molecule has 1 aromatic carbocycles. The lowest BCUT2D eigenvalue weighted by molar-refractivity contribution is -0.154. The maximum Gasteiger partial charge on any atom is 0.311 e. The van der Waals surface area contributed by atoms with Crippen molar-refractivity contribution in [2.24, 2.45) is 0 Å². The molecule has 1 aliphatic heterocycles. The van der Waals surface area contributed by atoms with E-state index in [-0.39, 0.29) is 11.3 Å². The number of benzene rings is 1. The van der Waals surface area contributed by atoms with Gasteiger partial charge in [-0.2, -0.15) is 4.31 Å². The number of carbonyl (C=O) groups is 2. The van der Waals surface area contributed by atoms with Crippen LogP contribution in [-0.2, 0) is 35.5 Å². The molecule has 9 heteroatoms. The van der Waals surface area contributed by atoms with Gasteiger partial charge in [0.1, 0.15) is 0 Å². The summed E-state index contributed by atoms with van der Waals surface area (Å²) in [6.45, 7) is 3.29. The second-order valence-corrected chi connectivity index (χ2v) is 8.64. The summed E-state index contributed by atoms with van der Waals surface area (Å²) in [5.41, 5.74) is 0.620.